The van der Waals surface area contributed by atoms with E-state index in [2.05, 4.69) is 45.5 Å². The number of thiol groups is 1. The minimum Gasteiger partial charge on any atom is -0.496 e. The number of methoxy groups -OCH3 is 1. The number of rotatable bonds is 5. The van der Waals surface area contributed by atoms with E-state index in [1.54, 1.807) is 7.11 Å². The highest BCUT2D eigenvalue weighted by Gasteiger charge is 2.14. The molecule has 0 bridgehead atoms. The van der Waals surface area contributed by atoms with E-state index in [-0.39, 0.29) is 6.04 Å². The Balaban J connectivity index is 3.19. The summed E-state index contributed by atoms with van der Waals surface area (Å²) in [5, 5.41) is 0. The summed E-state index contributed by atoms with van der Waals surface area (Å²) in [5.74, 6) is 2.20. The molecule has 0 spiro atoms. The van der Waals surface area contributed by atoms with E-state index >= 15 is 0 Å². The third kappa shape index (κ3) is 3.39. The molecule has 1 rings (SSSR count). The molecular formula is C14H23NOS. The van der Waals surface area contributed by atoms with E-state index in [4.69, 9.17) is 10.5 Å². The Labute approximate surface area is 110 Å². The highest BCUT2D eigenvalue weighted by molar-refractivity contribution is 7.80. The van der Waals surface area contributed by atoms with Crippen LogP contribution in [0, 0.1) is 6.92 Å². The Morgan fingerprint density at radius 2 is 1.94 bits per heavy atom. The first-order valence-corrected chi connectivity index (χ1v) is 6.69. The maximum absolute atomic E-state index is 6.18. The predicted molar refractivity (Wildman–Crippen MR) is 77.2 cm³/mol. The average Bonchev–Trinajstić information content (AvgIpc) is 2.28. The van der Waals surface area contributed by atoms with Crippen LogP contribution in [0.3, 0.4) is 0 Å². The fourth-order valence-electron chi connectivity index (χ4n) is 2.04. The lowest BCUT2D eigenvalue weighted by molar-refractivity contribution is 0.406. The van der Waals surface area contributed by atoms with Crippen molar-refractivity contribution in [2.24, 2.45) is 5.73 Å². The van der Waals surface area contributed by atoms with E-state index in [1.165, 1.54) is 16.7 Å². The molecule has 2 nitrogen and oxygen atoms in total. The van der Waals surface area contributed by atoms with Gasteiger partial charge in [-0.05, 0) is 47.8 Å². The van der Waals surface area contributed by atoms with Crippen molar-refractivity contribution in [3.05, 3.63) is 28.8 Å². The quantitative estimate of drug-likeness (QED) is 0.788. The lowest BCUT2D eigenvalue weighted by Gasteiger charge is -2.19. The van der Waals surface area contributed by atoms with Crippen molar-refractivity contribution < 1.29 is 4.74 Å². The van der Waals surface area contributed by atoms with Gasteiger partial charge in [0.2, 0.25) is 0 Å². The molecule has 3 heteroatoms. The lowest BCUT2D eigenvalue weighted by atomic mass is 9.92. The van der Waals surface area contributed by atoms with Crippen LogP contribution in [-0.4, -0.2) is 12.9 Å². The van der Waals surface area contributed by atoms with Crippen LogP contribution in [0.4, 0.5) is 0 Å². The molecule has 0 aliphatic heterocycles. The fraction of sp³-hybridized carbons (Fsp3) is 0.571. The molecule has 0 radical (unpaired) electrons. The van der Waals surface area contributed by atoms with Crippen LogP contribution in [0.15, 0.2) is 12.1 Å². The third-order valence-electron chi connectivity index (χ3n) is 3.08. The molecule has 0 heterocycles. The van der Waals surface area contributed by atoms with Gasteiger partial charge in [0, 0.05) is 6.04 Å². The summed E-state index contributed by atoms with van der Waals surface area (Å²) in [5.41, 5.74) is 9.81. The third-order valence-corrected chi connectivity index (χ3v) is 3.34. The zero-order chi connectivity index (χ0) is 13.0. The zero-order valence-electron chi connectivity index (χ0n) is 11.2. The van der Waals surface area contributed by atoms with Crippen molar-refractivity contribution >= 4 is 12.6 Å². The predicted octanol–water partition coefficient (Wildman–Crippen LogP) is 3.45. The minimum absolute atomic E-state index is 0.0657. The number of nitrogens with two attached hydrogens (primary N) is 1. The second kappa shape index (κ2) is 6.31. The molecule has 1 unspecified atom stereocenters. The van der Waals surface area contributed by atoms with Crippen LogP contribution in [0.25, 0.3) is 0 Å². The van der Waals surface area contributed by atoms with E-state index in [0.717, 1.165) is 17.9 Å². The second-order valence-electron chi connectivity index (χ2n) is 4.72. The van der Waals surface area contributed by atoms with Gasteiger partial charge in [0.25, 0.3) is 0 Å². The Morgan fingerprint density at radius 1 is 1.29 bits per heavy atom. The number of benzene rings is 1. The molecule has 1 aromatic rings. The first-order chi connectivity index (χ1) is 8.01. The largest absolute Gasteiger partial charge is 0.496 e. The van der Waals surface area contributed by atoms with Gasteiger partial charge in [-0.15, -0.1) is 0 Å². The molecule has 96 valence electrons. The van der Waals surface area contributed by atoms with Crippen LogP contribution in [-0.2, 0) is 0 Å². The van der Waals surface area contributed by atoms with Gasteiger partial charge in [-0.25, -0.2) is 0 Å². The zero-order valence-corrected chi connectivity index (χ0v) is 12.1. The van der Waals surface area contributed by atoms with Gasteiger partial charge in [-0.3, -0.25) is 0 Å². The summed E-state index contributed by atoms with van der Waals surface area (Å²) in [6.07, 6.45) is 0.897. The first-order valence-electron chi connectivity index (χ1n) is 6.06. The van der Waals surface area contributed by atoms with Gasteiger partial charge in [-0.1, -0.05) is 19.9 Å². The van der Waals surface area contributed by atoms with Crippen molar-refractivity contribution in [2.45, 2.75) is 39.2 Å². The van der Waals surface area contributed by atoms with E-state index in [0.29, 0.717) is 5.92 Å². The molecule has 0 aliphatic carbocycles. The molecule has 0 aliphatic rings. The van der Waals surface area contributed by atoms with Gasteiger partial charge < -0.3 is 10.5 Å². The normalized spacial score (nSPS) is 12.9. The van der Waals surface area contributed by atoms with Crippen molar-refractivity contribution in [2.75, 3.05) is 12.9 Å². The second-order valence-corrected chi connectivity index (χ2v) is 5.17. The van der Waals surface area contributed by atoms with Crippen LogP contribution in [0.1, 0.15) is 48.9 Å². The summed E-state index contributed by atoms with van der Waals surface area (Å²) >= 11 is 4.24. The molecule has 17 heavy (non-hydrogen) atoms. The monoisotopic (exact) mass is 253 g/mol. The maximum Gasteiger partial charge on any atom is 0.122 e. The van der Waals surface area contributed by atoms with Crippen LogP contribution in [0.2, 0.25) is 0 Å². The van der Waals surface area contributed by atoms with Crippen molar-refractivity contribution in [1.82, 2.24) is 0 Å². The van der Waals surface area contributed by atoms with Crippen molar-refractivity contribution in [3.63, 3.8) is 0 Å². The Bertz CT molecular complexity index is 377. The first kappa shape index (κ1) is 14.4. The van der Waals surface area contributed by atoms with Crippen LogP contribution >= 0.6 is 12.6 Å². The smallest absolute Gasteiger partial charge is 0.122 e. The van der Waals surface area contributed by atoms with Crippen LogP contribution in [0.5, 0.6) is 5.75 Å². The molecule has 0 fully saturated rings. The molecule has 2 N–H and O–H groups in total. The van der Waals surface area contributed by atoms with Crippen molar-refractivity contribution in [1.29, 1.82) is 0 Å². The highest BCUT2D eigenvalue weighted by atomic mass is 32.1. The van der Waals surface area contributed by atoms with Gasteiger partial charge in [0.15, 0.2) is 0 Å². The number of ether oxygens (including phenoxy) is 1. The van der Waals surface area contributed by atoms with Crippen LogP contribution < -0.4 is 10.5 Å². The van der Waals surface area contributed by atoms with Gasteiger partial charge in [0.1, 0.15) is 5.75 Å². The molecule has 1 atom stereocenters. The lowest BCUT2D eigenvalue weighted by Crippen LogP contribution is -2.13. The van der Waals surface area contributed by atoms with Gasteiger partial charge in [0.05, 0.1) is 7.11 Å². The molecule has 0 amide bonds. The Morgan fingerprint density at radius 3 is 2.41 bits per heavy atom. The molecule has 0 aromatic heterocycles. The molecule has 0 saturated heterocycles. The van der Waals surface area contributed by atoms with E-state index in [9.17, 15) is 0 Å². The minimum atomic E-state index is 0.0657. The standard InChI is InChI=1S/C14H23NOS/c1-9(2)11-8-12(13(15)5-6-17)10(3)7-14(11)16-4/h7-9,13,17H,5-6,15H2,1-4H3. The highest BCUT2D eigenvalue weighted by Crippen LogP contribution is 2.32. The molecule has 1 aromatic carbocycles. The fourth-order valence-corrected chi connectivity index (χ4v) is 2.32. The summed E-state index contributed by atoms with van der Waals surface area (Å²) < 4.78 is 5.43. The number of hydrogen-bond donors (Lipinski definition) is 2. The summed E-state index contributed by atoms with van der Waals surface area (Å²) in [6, 6.07) is 4.34. The summed E-state index contributed by atoms with van der Waals surface area (Å²) in [7, 11) is 1.72. The maximum atomic E-state index is 6.18. The van der Waals surface area contributed by atoms with Gasteiger partial charge >= 0.3 is 0 Å². The topological polar surface area (TPSA) is 35.2 Å². The molecule has 0 saturated carbocycles. The number of aryl methyl sites for hydroxylation is 1. The Kier molecular flexibility index (Phi) is 5.34. The summed E-state index contributed by atoms with van der Waals surface area (Å²) in [4.78, 5) is 0. The average molecular weight is 253 g/mol. The SMILES string of the molecule is COc1cc(C)c(C(N)CCS)cc1C(C)C. The van der Waals surface area contributed by atoms with Crippen molar-refractivity contribution in [3.8, 4) is 5.75 Å². The van der Waals surface area contributed by atoms with Gasteiger partial charge in [-0.2, -0.15) is 12.6 Å². The van der Waals surface area contributed by atoms with E-state index in [1.807, 2.05) is 0 Å². The Hall–Kier alpha value is -0.670. The van der Waals surface area contributed by atoms with E-state index < -0.39 is 0 Å². The summed E-state index contributed by atoms with van der Waals surface area (Å²) in [6.45, 7) is 6.42. The number of hydrogen-bond acceptors (Lipinski definition) is 3. The molecular weight excluding hydrogens is 230 g/mol.